The summed E-state index contributed by atoms with van der Waals surface area (Å²) in [6, 6.07) is 9.61. The Labute approximate surface area is 78.7 Å². The highest BCUT2D eigenvalue weighted by atomic mass is 16.3. The topological polar surface area (TPSA) is 46.2 Å². The fourth-order valence-corrected chi connectivity index (χ4v) is 1.18. The largest absolute Gasteiger partial charge is 0.387 e. The van der Waals surface area contributed by atoms with Crippen LogP contribution in [-0.2, 0) is 6.42 Å². The summed E-state index contributed by atoms with van der Waals surface area (Å²) in [6.07, 6.45) is 1.52. The summed E-state index contributed by atoms with van der Waals surface area (Å²) in [4.78, 5) is 0. The lowest BCUT2D eigenvalue weighted by molar-refractivity contribution is 0.191. The number of aliphatic hydroxyl groups excluding tert-OH is 1. The highest BCUT2D eigenvalue weighted by Gasteiger charge is 2.10. The van der Waals surface area contributed by atoms with Crippen molar-refractivity contribution in [3.8, 4) is 0 Å². The summed E-state index contributed by atoms with van der Waals surface area (Å²) in [6.45, 7) is 3.49. The molecule has 13 heavy (non-hydrogen) atoms. The Morgan fingerprint density at radius 1 is 1.38 bits per heavy atom. The Morgan fingerprint density at radius 2 is 2.00 bits per heavy atom. The summed E-state index contributed by atoms with van der Waals surface area (Å²) in [5.41, 5.74) is 6.87. The van der Waals surface area contributed by atoms with Crippen molar-refractivity contribution in [2.75, 3.05) is 0 Å². The van der Waals surface area contributed by atoms with E-state index in [2.05, 4.69) is 6.58 Å². The zero-order chi connectivity index (χ0) is 9.68. The summed E-state index contributed by atoms with van der Waals surface area (Å²) in [5, 5.41) is 9.34. The molecule has 0 bridgehead atoms. The average Bonchev–Trinajstić information content (AvgIpc) is 2.18. The Morgan fingerprint density at radius 3 is 2.54 bits per heavy atom. The first-order valence-corrected chi connectivity index (χ1v) is 4.34. The van der Waals surface area contributed by atoms with Gasteiger partial charge >= 0.3 is 0 Å². The third-order valence-electron chi connectivity index (χ3n) is 1.99. The van der Waals surface area contributed by atoms with Gasteiger partial charge in [-0.3, -0.25) is 0 Å². The van der Waals surface area contributed by atoms with Gasteiger partial charge in [-0.2, -0.15) is 0 Å². The molecule has 0 saturated heterocycles. The minimum Gasteiger partial charge on any atom is -0.387 e. The molecule has 0 aliphatic heterocycles. The van der Waals surface area contributed by atoms with E-state index in [1.54, 1.807) is 0 Å². The molecule has 0 heterocycles. The first-order chi connectivity index (χ1) is 6.24. The predicted octanol–water partition coefficient (Wildman–Crippen LogP) is 1.10. The summed E-state index contributed by atoms with van der Waals surface area (Å²) in [5.74, 6) is 0. The lowest BCUT2D eigenvalue weighted by Gasteiger charge is -2.14. The minimum atomic E-state index is -0.625. The minimum absolute atomic E-state index is 0.264. The molecule has 2 nitrogen and oxygen atoms in total. The Balaban J connectivity index is 2.54. The van der Waals surface area contributed by atoms with Gasteiger partial charge in [-0.1, -0.05) is 36.4 Å². The van der Waals surface area contributed by atoms with Crippen LogP contribution in [0, 0.1) is 0 Å². The zero-order valence-electron chi connectivity index (χ0n) is 7.56. The molecule has 0 amide bonds. The second-order valence-corrected chi connectivity index (χ2v) is 3.08. The van der Waals surface area contributed by atoms with Crippen LogP contribution in [0.15, 0.2) is 43.0 Å². The van der Waals surface area contributed by atoms with Gasteiger partial charge in [0.1, 0.15) is 0 Å². The molecule has 70 valence electrons. The fourth-order valence-electron chi connectivity index (χ4n) is 1.18. The van der Waals surface area contributed by atoms with Crippen LogP contribution in [0.2, 0.25) is 0 Å². The second kappa shape index (κ2) is 4.80. The van der Waals surface area contributed by atoms with Crippen LogP contribution in [0.25, 0.3) is 0 Å². The Kier molecular flexibility index (Phi) is 3.68. The molecule has 0 spiro atoms. The SMILES string of the molecule is C=CC(O)C(N)Cc1ccccc1. The van der Waals surface area contributed by atoms with Crippen molar-refractivity contribution in [1.29, 1.82) is 0 Å². The van der Waals surface area contributed by atoms with E-state index < -0.39 is 6.10 Å². The zero-order valence-corrected chi connectivity index (χ0v) is 7.56. The van der Waals surface area contributed by atoms with Crippen molar-refractivity contribution in [3.63, 3.8) is 0 Å². The van der Waals surface area contributed by atoms with Crippen LogP contribution in [0.3, 0.4) is 0 Å². The van der Waals surface area contributed by atoms with Crippen LogP contribution in [0.5, 0.6) is 0 Å². The normalized spacial score (nSPS) is 14.9. The maximum absolute atomic E-state index is 9.34. The van der Waals surface area contributed by atoms with Gasteiger partial charge in [-0.15, -0.1) is 6.58 Å². The van der Waals surface area contributed by atoms with Gasteiger partial charge in [0.05, 0.1) is 6.10 Å². The highest BCUT2D eigenvalue weighted by molar-refractivity contribution is 5.16. The van der Waals surface area contributed by atoms with E-state index in [9.17, 15) is 5.11 Å². The molecule has 0 aliphatic rings. The molecule has 1 aromatic rings. The van der Waals surface area contributed by atoms with Gasteiger partial charge < -0.3 is 10.8 Å². The molecule has 0 saturated carbocycles. The summed E-state index contributed by atoms with van der Waals surface area (Å²) >= 11 is 0. The molecule has 0 aliphatic carbocycles. The highest BCUT2D eigenvalue weighted by Crippen LogP contribution is 2.04. The van der Waals surface area contributed by atoms with E-state index in [1.165, 1.54) is 6.08 Å². The molecule has 0 radical (unpaired) electrons. The predicted molar refractivity (Wildman–Crippen MR) is 54.3 cm³/mol. The van der Waals surface area contributed by atoms with Gasteiger partial charge in [0, 0.05) is 6.04 Å². The lowest BCUT2D eigenvalue weighted by atomic mass is 10.0. The van der Waals surface area contributed by atoms with Crippen LogP contribution < -0.4 is 5.73 Å². The molecule has 0 fully saturated rings. The molecule has 1 aromatic carbocycles. The average molecular weight is 177 g/mol. The number of nitrogens with two attached hydrogens (primary N) is 1. The first kappa shape index (κ1) is 9.96. The summed E-state index contributed by atoms with van der Waals surface area (Å²) in [7, 11) is 0. The maximum atomic E-state index is 9.34. The van der Waals surface area contributed by atoms with Crippen LogP contribution in [0.4, 0.5) is 0 Å². The van der Waals surface area contributed by atoms with Gasteiger partial charge in [0.25, 0.3) is 0 Å². The smallest absolute Gasteiger partial charge is 0.0872 e. The molecule has 1 rings (SSSR count). The number of hydrogen-bond acceptors (Lipinski definition) is 2. The van der Waals surface area contributed by atoms with Gasteiger partial charge in [-0.25, -0.2) is 0 Å². The van der Waals surface area contributed by atoms with Crippen LogP contribution >= 0.6 is 0 Å². The number of aliphatic hydroxyl groups is 1. The van der Waals surface area contributed by atoms with E-state index in [0.717, 1.165) is 5.56 Å². The van der Waals surface area contributed by atoms with E-state index in [0.29, 0.717) is 6.42 Å². The fraction of sp³-hybridized carbons (Fsp3) is 0.273. The standard InChI is InChI=1S/C11H15NO/c1-2-11(13)10(12)8-9-6-4-3-5-7-9/h2-7,10-11,13H,1,8,12H2. The lowest BCUT2D eigenvalue weighted by Crippen LogP contribution is -2.35. The quantitative estimate of drug-likeness (QED) is 0.677. The van der Waals surface area contributed by atoms with Crippen molar-refractivity contribution in [2.45, 2.75) is 18.6 Å². The van der Waals surface area contributed by atoms with Crippen molar-refractivity contribution in [3.05, 3.63) is 48.6 Å². The van der Waals surface area contributed by atoms with Crippen LogP contribution in [-0.4, -0.2) is 17.3 Å². The van der Waals surface area contributed by atoms with Gasteiger partial charge in [0.15, 0.2) is 0 Å². The van der Waals surface area contributed by atoms with Crippen molar-refractivity contribution < 1.29 is 5.11 Å². The molecule has 2 unspecified atom stereocenters. The van der Waals surface area contributed by atoms with Crippen molar-refractivity contribution >= 4 is 0 Å². The van der Waals surface area contributed by atoms with Crippen molar-refractivity contribution in [2.24, 2.45) is 5.73 Å². The number of benzene rings is 1. The van der Waals surface area contributed by atoms with E-state index in [1.807, 2.05) is 30.3 Å². The molecular formula is C11H15NO. The Bertz CT molecular complexity index is 258. The van der Waals surface area contributed by atoms with E-state index in [4.69, 9.17) is 5.73 Å². The van der Waals surface area contributed by atoms with Crippen LogP contribution in [0.1, 0.15) is 5.56 Å². The molecule has 2 heteroatoms. The van der Waals surface area contributed by atoms with Gasteiger partial charge in [0.2, 0.25) is 0 Å². The third-order valence-corrected chi connectivity index (χ3v) is 1.99. The van der Waals surface area contributed by atoms with Gasteiger partial charge in [-0.05, 0) is 12.0 Å². The monoisotopic (exact) mass is 177 g/mol. The third kappa shape index (κ3) is 3.01. The molecule has 2 atom stereocenters. The van der Waals surface area contributed by atoms with E-state index >= 15 is 0 Å². The van der Waals surface area contributed by atoms with E-state index in [-0.39, 0.29) is 6.04 Å². The maximum Gasteiger partial charge on any atom is 0.0872 e. The Hall–Kier alpha value is -1.12. The second-order valence-electron chi connectivity index (χ2n) is 3.08. The first-order valence-electron chi connectivity index (χ1n) is 4.34. The molecule has 3 N–H and O–H groups in total. The number of hydrogen-bond donors (Lipinski definition) is 2. The number of rotatable bonds is 4. The summed E-state index contributed by atoms with van der Waals surface area (Å²) < 4.78 is 0. The molecule has 0 aromatic heterocycles. The molecular weight excluding hydrogens is 162 g/mol. The van der Waals surface area contributed by atoms with Crippen molar-refractivity contribution in [1.82, 2.24) is 0 Å².